The van der Waals surface area contributed by atoms with Crippen molar-refractivity contribution >= 4 is 19.7 Å². The molecule has 1 aromatic rings. The molecule has 3 rings (SSSR count). The molecular formula is C18H27NO6S2. The molecule has 0 aromatic heterocycles. The fourth-order valence-electron chi connectivity index (χ4n) is 3.71. The van der Waals surface area contributed by atoms with E-state index in [2.05, 4.69) is 5.32 Å². The average molecular weight is 418 g/mol. The first-order chi connectivity index (χ1) is 12.6. The summed E-state index contributed by atoms with van der Waals surface area (Å²) in [5.74, 6) is -0.314. The zero-order valence-corrected chi connectivity index (χ0v) is 17.5. The topological polar surface area (TPSA) is 98.8 Å². The van der Waals surface area contributed by atoms with Gasteiger partial charge >= 0.3 is 0 Å². The Balaban J connectivity index is 1.92. The molecule has 1 unspecified atom stereocenters. The highest BCUT2D eigenvalue weighted by atomic mass is 32.2. The van der Waals surface area contributed by atoms with Crippen molar-refractivity contribution in [3.63, 3.8) is 0 Å². The van der Waals surface area contributed by atoms with Crippen LogP contribution in [0, 0.1) is 13.8 Å². The molecule has 9 heteroatoms. The van der Waals surface area contributed by atoms with E-state index in [1.165, 1.54) is 7.11 Å². The summed E-state index contributed by atoms with van der Waals surface area (Å²) in [6.45, 7) is 4.85. The van der Waals surface area contributed by atoms with Crippen molar-refractivity contribution in [2.75, 3.05) is 31.8 Å². The second kappa shape index (κ2) is 7.69. The number of hydrogen-bond acceptors (Lipinski definition) is 7. The van der Waals surface area contributed by atoms with Crippen molar-refractivity contribution in [3.8, 4) is 5.75 Å². The van der Waals surface area contributed by atoms with Crippen LogP contribution in [-0.2, 0) is 24.4 Å². The first kappa shape index (κ1) is 20.6. The van der Waals surface area contributed by atoms with E-state index >= 15 is 0 Å². The number of sulfone groups is 2. The van der Waals surface area contributed by atoms with Crippen LogP contribution in [-0.4, -0.2) is 66.0 Å². The van der Waals surface area contributed by atoms with Gasteiger partial charge in [0.25, 0.3) is 0 Å². The third-order valence-electron chi connectivity index (χ3n) is 5.42. The molecule has 152 valence electrons. The zero-order valence-electron chi connectivity index (χ0n) is 15.9. The maximum Gasteiger partial charge on any atom is 0.187 e. The molecule has 0 saturated carbocycles. The van der Waals surface area contributed by atoms with Gasteiger partial charge in [-0.25, -0.2) is 16.8 Å². The van der Waals surface area contributed by atoms with Gasteiger partial charge in [0, 0.05) is 19.2 Å². The van der Waals surface area contributed by atoms with Gasteiger partial charge in [-0.15, -0.1) is 0 Å². The smallest absolute Gasteiger partial charge is 0.187 e. The summed E-state index contributed by atoms with van der Waals surface area (Å²) in [5, 5.41) is 2.10. The number of hydrogen-bond donors (Lipinski definition) is 1. The number of aryl methyl sites for hydroxylation is 2. The third kappa shape index (κ3) is 4.31. The van der Waals surface area contributed by atoms with Gasteiger partial charge in [-0.05, 0) is 49.9 Å². The fourth-order valence-corrected chi connectivity index (χ4v) is 8.65. The van der Waals surface area contributed by atoms with Crippen molar-refractivity contribution in [1.29, 1.82) is 0 Å². The monoisotopic (exact) mass is 417 g/mol. The maximum absolute atomic E-state index is 13.4. The first-order valence-corrected chi connectivity index (χ1v) is 12.5. The molecule has 0 aliphatic carbocycles. The summed E-state index contributed by atoms with van der Waals surface area (Å²) in [4.78, 5) is 0.0547. The van der Waals surface area contributed by atoms with E-state index in [1.54, 1.807) is 12.1 Å². The minimum Gasteiger partial charge on any atom is -0.495 e. The number of ether oxygens (including phenoxy) is 2. The van der Waals surface area contributed by atoms with Crippen LogP contribution in [0.2, 0.25) is 0 Å². The summed E-state index contributed by atoms with van der Waals surface area (Å²) in [6.07, 6.45) is 1.87. The molecule has 1 N–H and O–H groups in total. The van der Waals surface area contributed by atoms with Crippen LogP contribution in [0.25, 0.3) is 0 Å². The molecule has 2 heterocycles. The van der Waals surface area contributed by atoms with Crippen molar-refractivity contribution in [3.05, 3.63) is 23.3 Å². The summed E-state index contributed by atoms with van der Waals surface area (Å²) in [6, 6.07) is 2.60. The second-order valence-electron chi connectivity index (χ2n) is 7.40. The zero-order chi connectivity index (χ0) is 19.8. The number of benzene rings is 1. The second-order valence-corrected chi connectivity index (χ2v) is 11.7. The Kier molecular flexibility index (Phi) is 5.86. The number of methoxy groups -OCH3 is 1. The van der Waals surface area contributed by atoms with Crippen LogP contribution in [0.15, 0.2) is 17.0 Å². The van der Waals surface area contributed by atoms with Gasteiger partial charge in [0.15, 0.2) is 19.7 Å². The van der Waals surface area contributed by atoms with Gasteiger partial charge in [-0.2, -0.15) is 0 Å². The Morgan fingerprint density at radius 3 is 2.56 bits per heavy atom. The first-order valence-electron chi connectivity index (χ1n) is 9.08. The van der Waals surface area contributed by atoms with Gasteiger partial charge in [0.1, 0.15) is 10.6 Å². The van der Waals surface area contributed by atoms with Gasteiger partial charge in [-0.1, -0.05) is 0 Å². The molecule has 0 bridgehead atoms. The highest BCUT2D eigenvalue weighted by Crippen LogP contribution is 2.33. The standard InChI is InChI=1S/C18H27NO6S2/c1-12-7-16(24-3)17(8-13(12)2)27(22,23)18-11-26(20,21)10-15(18)19-9-14-5-4-6-25-14/h7-8,14-15,18-19H,4-6,9-11H2,1-3H3/t14?,15-,18-/m0/s1. The minimum absolute atomic E-state index is 0.00723. The molecule has 0 amide bonds. The van der Waals surface area contributed by atoms with Crippen LogP contribution < -0.4 is 10.1 Å². The number of rotatable bonds is 6. The lowest BCUT2D eigenvalue weighted by Crippen LogP contribution is -2.46. The SMILES string of the molecule is COc1cc(C)c(C)cc1S(=O)(=O)[C@H]1CS(=O)(=O)C[C@@H]1NCC1CCCO1. The quantitative estimate of drug-likeness (QED) is 0.738. The van der Waals surface area contributed by atoms with Crippen molar-refractivity contribution in [2.24, 2.45) is 0 Å². The highest BCUT2D eigenvalue weighted by Gasteiger charge is 2.46. The number of nitrogens with one attached hydrogen (secondary N) is 1. The molecule has 0 radical (unpaired) electrons. The summed E-state index contributed by atoms with van der Waals surface area (Å²) in [5.41, 5.74) is 1.73. The summed E-state index contributed by atoms with van der Waals surface area (Å²) in [7, 11) is -5.92. The summed E-state index contributed by atoms with van der Waals surface area (Å²) < 4.78 is 62.0. The Labute approximate surface area is 161 Å². The Morgan fingerprint density at radius 2 is 1.93 bits per heavy atom. The van der Waals surface area contributed by atoms with E-state index < -0.39 is 31.0 Å². The molecule has 1 aromatic carbocycles. The molecule has 2 saturated heterocycles. The molecule has 2 aliphatic heterocycles. The molecule has 2 aliphatic rings. The van der Waals surface area contributed by atoms with E-state index in [0.717, 1.165) is 24.0 Å². The van der Waals surface area contributed by atoms with Crippen LogP contribution in [0.1, 0.15) is 24.0 Å². The lowest BCUT2D eigenvalue weighted by molar-refractivity contribution is 0.108. The highest BCUT2D eigenvalue weighted by molar-refractivity contribution is 7.96. The lowest BCUT2D eigenvalue weighted by Gasteiger charge is -2.23. The minimum atomic E-state index is -3.89. The Hall–Kier alpha value is -1.16. The van der Waals surface area contributed by atoms with Gasteiger partial charge in [-0.3, -0.25) is 0 Å². The molecule has 0 spiro atoms. The van der Waals surface area contributed by atoms with E-state index in [4.69, 9.17) is 9.47 Å². The average Bonchev–Trinajstić information content (AvgIpc) is 3.22. The largest absolute Gasteiger partial charge is 0.495 e. The molecular weight excluding hydrogens is 390 g/mol. The summed E-state index contributed by atoms with van der Waals surface area (Å²) >= 11 is 0. The third-order valence-corrected chi connectivity index (χ3v) is 9.59. The van der Waals surface area contributed by atoms with Crippen LogP contribution in [0.4, 0.5) is 0 Å². The maximum atomic E-state index is 13.4. The molecule has 7 nitrogen and oxygen atoms in total. The molecule has 27 heavy (non-hydrogen) atoms. The molecule has 2 fully saturated rings. The lowest BCUT2D eigenvalue weighted by atomic mass is 10.1. The molecule has 3 atom stereocenters. The van der Waals surface area contributed by atoms with E-state index in [9.17, 15) is 16.8 Å². The van der Waals surface area contributed by atoms with E-state index in [0.29, 0.717) is 13.2 Å². The Bertz CT molecular complexity index is 904. The van der Waals surface area contributed by atoms with Crippen LogP contribution in [0.3, 0.4) is 0 Å². The van der Waals surface area contributed by atoms with Crippen LogP contribution >= 0.6 is 0 Å². The Morgan fingerprint density at radius 1 is 1.22 bits per heavy atom. The van der Waals surface area contributed by atoms with Gasteiger partial charge in [0.05, 0.1) is 30.0 Å². The van der Waals surface area contributed by atoms with Crippen molar-refractivity contribution in [1.82, 2.24) is 5.32 Å². The van der Waals surface area contributed by atoms with E-state index in [1.807, 2.05) is 13.8 Å². The fraction of sp³-hybridized carbons (Fsp3) is 0.667. The predicted octanol–water partition coefficient (Wildman–Crippen LogP) is 1.02. The van der Waals surface area contributed by atoms with Crippen molar-refractivity contribution in [2.45, 2.75) is 49.0 Å². The predicted molar refractivity (Wildman–Crippen MR) is 103 cm³/mol. The van der Waals surface area contributed by atoms with Gasteiger partial charge < -0.3 is 14.8 Å². The normalized spacial score (nSPS) is 27.7. The van der Waals surface area contributed by atoms with Gasteiger partial charge in [0.2, 0.25) is 0 Å². The van der Waals surface area contributed by atoms with Crippen molar-refractivity contribution < 1.29 is 26.3 Å². The van der Waals surface area contributed by atoms with E-state index in [-0.39, 0.29) is 28.3 Å². The van der Waals surface area contributed by atoms with Crippen LogP contribution in [0.5, 0.6) is 5.75 Å².